The van der Waals surface area contributed by atoms with E-state index in [2.05, 4.69) is 35.6 Å². The number of methoxy groups -OCH3 is 1. The molecule has 29 heavy (non-hydrogen) atoms. The number of H-pyrrole nitrogens is 2. The van der Waals surface area contributed by atoms with Crippen LogP contribution in [-0.2, 0) is 11.2 Å². The number of amides is 1. The van der Waals surface area contributed by atoms with Crippen molar-refractivity contribution in [3.05, 3.63) is 41.6 Å². The highest BCUT2D eigenvalue weighted by Crippen LogP contribution is 2.23. The zero-order valence-corrected chi connectivity index (χ0v) is 16.5. The fourth-order valence-corrected chi connectivity index (χ4v) is 3.31. The Kier molecular flexibility index (Phi) is 5.48. The van der Waals surface area contributed by atoms with Gasteiger partial charge >= 0.3 is 0 Å². The first-order chi connectivity index (χ1) is 14.1. The zero-order chi connectivity index (χ0) is 20.2. The summed E-state index contributed by atoms with van der Waals surface area (Å²) in [5, 5.41) is 7.25. The number of carbonyl (C=O) groups is 1. The molecule has 0 aliphatic rings. The lowest BCUT2D eigenvalue weighted by Crippen LogP contribution is -2.27. The standard InChI is InChI=1S/C19H20ClN7O2/c1-29-12-2-3-14-13(8-12)11(9-23-14)4-6-21-15(28)5-7-22-17-16-18(25-10-24-16)27-19(20)26-17/h2-3,8-10,23H,4-7H2,1H3,(H,21,28)(H2,22,24,25,26,27). The summed E-state index contributed by atoms with van der Waals surface area (Å²) < 4.78 is 5.29. The van der Waals surface area contributed by atoms with Crippen molar-refractivity contribution < 1.29 is 9.53 Å². The molecule has 4 N–H and O–H groups in total. The maximum absolute atomic E-state index is 12.1. The predicted molar refractivity (Wildman–Crippen MR) is 111 cm³/mol. The first-order valence-electron chi connectivity index (χ1n) is 9.15. The number of carbonyl (C=O) groups excluding carboxylic acids is 1. The molecule has 0 bridgehead atoms. The Labute approximate surface area is 171 Å². The molecule has 1 aromatic carbocycles. The molecule has 4 rings (SSSR count). The molecule has 9 nitrogen and oxygen atoms in total. The van der Waals surface area contributed by atoms with E-state index in [0.29, 0.717) is 36.5 Å². The van der Waals surface area contributed by atoms with Gasteiger partial charge in [-0.05, 0) is 41.8 Å². The molecule has 150 valence electrons. The number of benzene rings is 1. The number of nitrogens with one attached hydrogen (secondary N) is 4. The number of hydrogen-bond acceptors (Lipinski definition) is 6. The van der Waals surface area contributed by atoms with Gasteiger partial charge in [0.2, 0.25) is 11.2 Å². The van der Waals surface area contributed by atoms with E-state index in [-0.39, 0.29) is 11.2 Å². The van der Waals surface area contributed by atoms with Crippen LogP contribution in [0.25, 0.3) is 22.1 Å². The normalized spacial score (nSPS) is 11.1. The van der Waals surface area contributed by atoms with Crippen LogP contribution < -0.4 is 15.4 Å². The average Bonchev–Trinajstić information content (AvgIpc) is 3.34. The number of imidazole rings is 1. The van der Waals surface area contributed by atoms with Gasteiger partial charge in [0.15, 0.2) is 11.5 Å². The van der Waals surface area contributed by atoms with Crippen LogP contribution in [0.5, 0.6) is 5.75 Å². The highest BCUT2D eigenvalue weighted by Gasteiger charge is 2.10. The molecule has 0 atom stereocenters. The molecule has 0 fully saturated rings. The van der Waals surface area contributed by atoms with Crippen LogP contribution in [0.15, 0.2) is 30.7 Å². The van der Waals surface area contributed by atoms with E-state index in [9.17, 15) is 4.79 Å². The monoisotopic (exact) mass is 413 g/mol. The second-order valence-electron chi connectivity index (χ2n) is 6.44. The van der Waals surface area contributed by atoms with Crippen molar-refractivity contribution in [3.63, 3.8) is 0 Å². The number of aromatic amines is 2. The van der Waals surface area contributed by atoms with Crippen molar-refractivity contribution in [2.75, 3.05) is 25.5 Å². The third-order valence-corrected chi connectivity index (χ3v) is 4.76. The van der Waals surface area contributed by atoms with Gasteiger partial charge in [0.25, 0.3) is 0 Å². The lowest BCUT2D eigenvalue weighted by atomic mass is 10.1. The molecular weight excluding hydrogens is 394 g/mol. The number of hydrogen-bond donors (Lipinski definition) is 4. The molecule has 3 heterocycles. The number of nitrogens with zero attached hydrogens (tertiary/aromatic N) is 3. The summed E-state index contributed by atoms with van der Waals surface area (Å²) in [7, 11) is 1.65. The van der Waals surface area contributed by atoms with Crippen molar-refractivity contribution in [3.8, 4) is 5.75 Å². The quantitative estimate of drug-likeness (QED) is 0.329. The Morgan fingerprint density at radius 1 is 1.24 bits per heavy atom. The molecule has 0 unspecified atom stereocenters. The number of aromatic nitrogens is 5. The van der Waals surface area contributed by atoms with Gasteiger partial charge in [0.1, 0.15) is 11.3 Å². The summed E-state index contributed by atoms with van der Waals surface area (Å²) in [6, 6.07) is 5.90. The van der Waals surface area contributed by atoms with Crippen molar-refractivity contribution >= 4 is 45.4 Å². The van der Waals surface area contributed by atoms with Crippen molar-refractivity contribution in [2.24, 2.45) is 0 Å². The smallest absolute Gasteiger partial charge is 0.226 e. The molecule has 0 saturated carbocycles. The third-order valence-electron chi connectivity index (χ3n) is 4.59. The van der Waals surface area contributed by atoms with E-state index in [1.165, 1.54) is 6.33 Å². The minimum absolute atomic E-state index is 0.0454. The van der Waals surface area contributed by atoms with Gasteiger partial charge in [0, 0.05) is 36.6 Å². The summed E-state index contributed by atoms with van der Waals surface area (Å²) >= 11 is 5.89. The van der Waals surface area contributed by atoms with E-state index in [1.54, 1.807) is 7.11 Å². The van der Waals surface area contributed by atoms with Crippen LogP contribution in [0, 0.1) is 0 Å². The van der Waals surface area contributed by atoms with Crippen LogP contribution in [0.2, 0.25) is 5.28 Å². The van der Waals surface area contributed by atoms with E-state index >= 15 is 0 Å². The van der Waals surface area contributed by atoms with Gasteiger partial charge in [-0.3, -0.25) is 4.79 Å². The van der Waals surface area contributed by atoms with Gasteiger partial charge in [0.05, 0.1) is 13.4 Å². The topological polar surface area (TPSA) is 121 Å². The number of halogens is 1. The third kappa shape index (κ3) is 4.24. The van der Waals surface area contributed by atoms with Crippen molar-refractivity contribution in [1.82, 2.24) is 30.2 Å². The summed E-state index contributed by atoms with van der Waals surface area (Å²) in [6.45, 7) is 0.963. The minimum Gasteiger partial charge on any atom is -0.497 e. The Bertz CT molecular complexity index is 1150. The molecule has 3 aromatic heterocycles. The zero-order valence-electron chi connectivity index (χ0n) is 15.8. The summed E-state index contributed by atoms with van der Waals surface area (Å²) in [5.41, 5.74) is 3.32. The van der Waals surface area contributed by atoms with Gasteiger partial charge in [-0.15, -0.1) is 0 Å². The lowest BCUT2D eigenvalue weighted by Gasteiger charge is -2.08. The van der Waals surface area contributed by atoms with Gasteiger partial charge in [-0.2, -0.15) is 9.97 Å². The first-order valence-corrected chi connectivity index (χ1v) is 9.53. The van der Waals surface area contributed by atoms with Gasteiger partial charge in [-0.1, -0.05) is 0 Å². The molecular formula is C19H20ClN7O2. The summed E-state index contributed by atoms with van der Waals surface area (Å²) in [5.74, 6) is 1.29. The SMILES string of the molecule is COc1ccc2[nH]cc(CCNC(=O)CCNc3nc(Cl)nc4nc[nH]c34)c2c1. The maximum atomic E-state index is 12.1. The molecule has 0 saturated heterocycles. The highest BCUT2D eigenvalue weighted by atomic mass is 35.5. The molecule has 0 aliphatic carbocycles. The fourth-order valence-electron chi connectivity index (χ4n) is 3.15. The molecule has 0 radical (unpaired) electrons. The summed E-state index contributed by atoms with van der Waals surface area (Å²) in [6.07, 6.45) is 4.52. The van der Waals surface area contributed by atoms with Crippen LogP contribution in [0.4, 0.5) is 5.82 Å². The average molecular weight is 414 g/mol. The predicted octanol–water partition coefficient (Wildman–Crippen LogP) is 2.66. The van der Waals surface area contributed by atoms with E-state index in [0.717, 1.165) is 28.6 Å². The Balaban J connectivity index is 1.27. The Morgan fingerprint density at radius 2 is 2.14 bits per heavy atom. The molecule has 0 aliphatic heterocycles. The second-order valence-corrected chi connectivity index (χ2v) is 6.78. The molecule has 0 spiro atoms. The number of fused-ring (bicyclic) bond motifs is 2. The lowest BCUT2D eigenvalue weighted by molar-refractivity contribution is -0.120. The molecule has 4 aromatic rings. The number of rotatable bonds is 8. The van der Waals surface area contributed by atoms with Crippen molar-refractivity contribution in [1.29, 1.82) is 0 Å². The Morgan fingerprint density at radius 3 is 3.00 bits per heavy atom. The van der Waals surface area contributed by atoms with Gasteiger partial charge in [-0.25, -0.2) is 4.98 Å². The molecule has 10 heteroatoms. The van der Waals surface area contributed by atoms with Crippen LogP contribution in [0.3, 0.4) is 0 Å². The maximum Gasteiger partial charge on any atom is 0.226 e. The van der Waals surface area contributed by atoms with E-state index in [4.69, 9.17) is 16.3 Å². The fraction of sp³-hybridized carbons (Fsp3) is 0.263. The second kappa shape index (κ2) is 8.36. The largest absolute Gasteiger partial charge is 0.497 e. The van der Waals surface area contributed by atoms with Gasteiger partial charge < -0.3 is 25.3 Å². The molecule has 1 amide bonds. The number of ether oxygens (including phenoxy) is 1. The summed E-state index contributed by atoms with van der Waals surface area (Å²) in [4.78, 5) is 30.6. The van der Waals surface area contributed by atoms with E-state index < -0.39 is 0 Å². The van der Waals surface area contributed by atoms with Crippen LogP contribution in [0.1, 0.15) is 12.0 Å². The van der Waals surface area contributed by atoms with E-state index in [1.807, 2.05) is 24.4 Å². The number of anilines is 1. The minimum atomic E-state index is -0.0454. The van der Waals surface area contributed by atoms with Crippen LogP contribution >= 0.6 is 11.6 Å². The Hall–Kier alpha value is -3.33. The van der Waals surface area contributed by atoms with Crippen molar-refractivity contribution in [2.45, 2.75) is 12.8 Å². The highest BCUT2D eigenvalue weighted by molar-refractivity contribution is 6.28. The first kappa shape index (κ1) is 19.0. The van der Waals surface area contributed by atoms with Crippen LogP contribution in [-0.4, -0.2) is 51.0 Å².